The quantitative estimate of drug-likeness (QED) is 0.596. The first-order valence-electron chi connectivity index (χ1n) is 12.1. The lowest BCUT2D eigenvalue weighted by Crippen LogP contribution is -2.53. The summed E-state index contributed by atoms with van der Waals surface area (Å²) in [7, 11) is 2.02. The Morgan fingerprint density at radius 2 is 1.86 bits per heavy atom. The second-order valence-corrected chi connectivity index (χ2v) is 10.2. The summed E-state index contributed by atoms with van der Waals surface area (Å²) in [5.74, 6) is -1.56. The van der Waals surface area contributed by atoms with Crippen LogP contribution in [0.4, 0.5) is 0 Å². The summed E-state index contributed by atoms with van der Waals surface area (Å²) in [4.78, 5) is 41.9. The van der Waals surface area contributed by atoms with E-state index in [1.54, 1.807) is 41.3 Å². The third-order valence-corrected chi connectivity index (χ3v) is 7.65. The van der Waals surface area contributed by atoms with E-state index in [2.05, 4.69) is 24.1 Å². The monoisotopic (exact) mass is 501 g/mol. The van der Waals surface area contributed by atoms with E-state index in [-0.39, 0.29) is 23.8 Å². The van der Waals surface area contributed by atoms with Crippen molar-refractivity contribution in [2.45, 2.75) is 63.7 Å². The molecule has 0 spiro atoms. The van der Waals surface area contributed by atoms with Crippen LogP contribution in [-0.2, 0) is 9.59 Å². The van der Waals surface area contributed by atoms with E-state index in [1.807, 2.05) is 7.05 Å². The van der Waals surface area contributed by atoms with Gasteiger partial charge >= 0.3 is 5.97 Å². The number of amides is 2. The molecule has 2 amide bonds. The van der Waals surface area contributed by atoms with Crippen molar-refractivity contribution < 1.29 is 23.9 Å². The van der Waals surface area contributed by atoms with E-state index in [4.69, 9.17) is 16.0 Å². The van der Waals surface area contributed by atoms with Gasteiger partial charge in [-0.15, -0.1) is 0 Å². The standard InChI is InChI=1S/C26H32ClN3O5/c1-15(2)29(3)18-8-9-21(19(14-18)26(33)34)30-13-12-20(25(30)32)28-24(31)23-11-10-22(35-23)16-4-6-17(27)7-5-16/h4-7,10-11,15,18-21H,8-9,12-14H2,1-3H3,(H,28,31)(H,33,34)/t18?,19?,20-,21?/m0/s1. The molecule has 1 saturated heterocycles. The van der Waals surface area contributed by atoms with Crippen molar-refractivity contribution >= 4 is 29.4 Å². The van der Waals surface area contributed by atoms with Crippen molar-refractivity contribution in [3.63, 3.8) is 0 Å². The van der Waals surface area contributed by atoms with Gasteiger partial charge in [0.1, 0.15) is 11.8 Å². The molecule has 2 heterocycles. The minimum Gasteiger partial charge on any atom is -0.481 e. The molecule has 2 N–H and O–H groups in total. The van der Waals surface area contributed by atoms with Crippen molar-refractivity contribution in [1.82, 2.24) is 15.1 Å². The summed E-state index contributed by atoms with van der Waals surface area (Å²) in [6.07, 6.45) is 2.42. The minimum atomic E-state index is -0.873. The van der Waals surface area contributed by atoms with Crippen LogP contribution in [0.25, 0.3) is 11.3 Å². The van der Waals surface area contributed by atoms with Crippen LogP contribution in [0, 0.1) is 5.92 Å². The molecule has 1 aromatic heterocycles. The number of nitrogens with zero attached hydrogens (tertiary/aromatic N) is 2. The minimum absolute atomic E-state index is 0.113. The second kappa shape index (κ2) is 10.4. The Hall–Kier alpha value is -2.84. The summed E-state index contributed by atoms with van der Waals surface area (Å²) in [5.41, 5.74) is 0.787. The van der Waals surface area contributed by atoms with Crippen molar-refractivity contribution in [2.75, 3.05) is 13.6 Å². The molecule has 1 aliphatic heterocycles. The van der Waals surface area contributed by atoms with Crippen molar-refractivity contribution in [2.24, 2.45) is 5.92 Å². The van der Waals surface area contributed by atoms with Crippen LogP contribution < -0.4 is 5.32 Å². The molecule has 9 heteroatoms. The van der Waals surface area contributed by atoms with Crippen LogP contribution in [0.1, 0.15) is 50.1 Å². The largest absolute Gasteiger partial charge is 0.481 e. The molecule has 4 atom stereocenters. The maximum absolute atomic E-state index is 13.2. The third kappa shape index (κ3) is 5.38. The van der Waals surface area contributed by atoms with Gasteiger partial charge in [0.2, 0.25) is 5.91 Å². The van der Waals surface area contributed by atoms with Crippen molar-refractivity contribution in [1.29, 1.82) is 0 Å². The summed E-state index contributed by atoms with van der Waals surface area (Å²) >= 11 is 5.93. The van der Waals surface area contributed by atoms with Gasteiger partial charge in [0.25, 0.3) is 5.91 Å². The van der Waals surface area contributed by atoms with Crippen LogP contribution in [0.5, 0.6) is 0 Å². The van der Waals surface area contributed by atoms with Gasteiger partial charge in [-0.05, 0) is 83.0 Å². The Bertz CT molecular complexity index is 1080. The SMILES string of the molecule is CC(C)N(C)C1CCC(N2CC[C@H](NC(=O)c3ccc(-c4ccc(Cl)cc4)o3)C2=O)C(C(=O)O)C1. The molecule has 0 bridgehead atoms. The van der Waals surface area contributed by atoms with Gasteiger partial charge in [0.05, 0.1) is 5.92 Å². The number of carbonyl (C=O) groups is 3. The number of hydrogen-bond donors (Lipinski definition) is 2. The van der Waals surface area contributed by atoms with Gasteiger partial charge < -0.3 is 24.6 Å². The molecule has 8 nitrogen and oxygen atoms in total. The van der Waals surface area contributed by atoms with Crippen LogP contribution in [0.2, 0.25) is 5.02 Å². The van der Waals surface area contributed by atoms with Gasteiger partial charge in [0, 0.05) is 35.3 Å². The van der Waals surface area contributed by atoms with E-state index in [1.165, 1.54) is 0 Å². The van der Waals surface area contributed by atoms with Gasteiger partial charge in [-0.2, -0.15) is 0 Å². The predicted molar refractivity (Wildman–Crippen MR) is 132 cm³/mol. The van der Waals surface area contributed by atoms with E-state index in [9.17, 15) is 19.5 Å². The number of rotatable bonds is 7. The Morgan fingerprint density at radius 1 is 1.14 bits per heavy atom. The van der Waals surface area contributed by atoms with E-state index >= 15 is 0 Å². The van der Waals surface area contributed by atoms with Crippen LogP contribution in [0.15, 0.2) is 40.8 Å². The lowest BCUT2D eigenvalue weighted by molar-refractivity contribution is -0.149. The summed E-state index contributed by atoms with van der Waals surface area (Å²) in [6, 6.07) is 9.79. The first kappa shape index (κ1) is 25.3. The molecule has 2 aromatic rings. The van der Waals surface area contributed by atoms with Gasteiger partial charge in [-0.3, -0.25) is 14.4 Å². The van der Waals surface area contributed by atoms with E-state index in [0.717, 1.165) is 12.0 Å². The number of nitrogens with one attached hydrogen (secondary N) is 1. The highest BCUT2D eigenvalue weighted by molar-refractivity contribution is 6.30. The first-order valence-corrected chi connectivity index (χ1v) is 12.5. The molecular weight excluding hydrogens is 470 g/mol. The molecule has 188 valence electrons. The van der Waals surface area contributed by atoms with Crippen LogP contribution in [-0.4, -0.2) is 70.4 Å². The Labute approximate surface area is 210 Å². The molecule has 1 aliphatic carbocycles. The third-order valence-electron chi connectivity index (χ3n) is 7.40. The maximum Gasteiger partial charge on any atom is 0.308 e. The van der Waals surface area contributed by atoms with Gasteiger partial charge in [-0.1, -0.05) is 11.6 Å². The zero-order valence-electron chi connectivity index (χ0n) is 20.2. The maximum atomic E-state index is 13.2. The van der Waals surface area contributed by atoms with Gasteiger partial charge in [0.15, 0.2) is 5.76 Å². The Balaban J connectivity index is 1.40. The zero-order chi connectivity index (χ0) is 25.3. The predicted octanol–water partition coefficient (Wildman–Crippen LogP) is 3.89. The number of aliphatic carboxylic acids is 1. The lowest BCUT2D eigenvalue weighted by atomic mass is 9.80. The fraction of sp³-hybridized carbons (Fsp3) is 0.500. The number of furan rings is 1. The molecule has 2 aliphatic rings. The van der Waals surface area contributed by atoms with E-state index in [0.29, 0.717) is 42.6 Å². The fourth-order valence-corrected chi connectivity index (χ4v) is 5.31. The van der Waals surface area contributed by atoms with Gasteiger partial charge in [-0.25, -0.2) is 0 Å². The molecular formula is C26H32ClN3O5. The summed E-state index contributed by atoms with van der Waals surface area (Å²) in [5, 5.41) is 13.3. The van der Waals surface area contributed by atoms with Crippen LogP contribution in [0.3, 0.4) is 0 Å². The highest BCUT2D eigenvalue weighted by atomic mass is 35.5. The number of carboxylic acids is 1. The summed E-state index contributed by atoms with van der Waals surface area (Å²) in [6.45, 7) is 4.62. The van der Waals surface area contributed by atoms with Crippen molar-refractivity contribution in [3.8, 4) is 11.3 Å². The van der Waals surface area contributed by atoms with E-state index < -0.39 is 23.8 Å². The molecule has 0 radical (unpaired) electrons. The smallest absolute Gasteiger partial charge is 0.308 e. The fourth-order valence-electron chi connectivity index (χ4n) is 5.19. The number of likely N-dealkylation sites (tertiary alicyclic amines) is 1. The number of benzene rings is 1. The molecule has 3 unspecified atom stereocenters. The molecule has 2 fully saturated rings. The highest BCUT2D eigenvalue weighted by Gasteiger charge is 2.45. The molecule has 1 aromatic carbocycles. The van der Waals surface area contributed by atoms with Crippen LogP contribution >= 0.6 is 11.6 Å². The van der Waals surface area contributed by atoms with Crippen molar-refractivity contribution in [3.05, 3.63) is 47.2 Å². The summed E-state index contributed by atoms with van der Waals surface area (Å²) < 4.78 is 5.70. The lowest BCUT2D eigenvalue weighted by Gasteiger charge is -2.43. The number of halogens is 1. The average Bonchev–Trinajstić information content (AvgIpc) is 3.46. The number of carboxylic acid groups (broad SMARTS) is 1. The average molecular weight is 502 g/mol. The zero-order valence-corrected chi connectivity index (χ0v) is 21.0. The number of hydrogen-bond acceptors (Lipinski definition) is 5. The molecule has 35 heavy (non-hydrogen) atoms. The highest BCUT2D eigenvalue weighted by Crippen LogP contribution is 2.34. The topological polar surface area (TPSA) is 103 Å². The molecule has 4 rings (SSSR count). The Morgan fingerprint density at radius 3 is 2.51 bits per heavy atom. The first-order chi connectivity index (χ1) is 16.7. The molecule has 1 saturated carbocycles. The normalized spacial score (nSPS) is 24.9. The Kier molecular flexibility index (Phi) is 7.52. The number of carbonyl (C=O) groups excluding carboxylic acids is 2. The second-order valence-electron chi connectivity index (χ2n) is 9.76.